The predicted molar refractivity (Wildman–Crippen MR) is 61.9 cm³/mol. The molecule has 2 rings (SSSR count). The Labute approximate surface area is 99.4 Å². The minimum Gasteiger partial charge on any atom is -0.391 e. The van der Waals surface area contributed by atoms with Crippen LogP contribution in [0.15, 0.2) is 0 Å². The van der Waals surface area contributed by atoms with E-state index in [1.54, 1.807) is 18.5 Å². The summed E-state index contributed by atoms with van der Waals surface area (Å²) in [5.74, 6) is 0. The quantitative estimate of drug-likeness (QED) is 0.631. The minimum absolute atomic E-state index is 0.0720. The lowest BCUT2D eigenvalue weighted by atomic mass is 9.92. The van der Waals surface area contributed by atoms with Crippen molar-refractivity contribution in [3.8, 4) is 0 Å². The van der Waals surface area contributed by atoms with E-state index in [9.17, 15) is 15.2 Å². The number of nitro groups is 1. The van der Waals surface area contributed by atoms with Gasteiger partial charge in [0.15, 0.2) is 0 Å². The summed E-state index contributed by atoms with van der Waals surface area (Å²) in [6, 6.07) is -0.115. The van der Waals surface area contributed by atoms with Gasteiger partial charge in [0.2, 0.25) is 0 Å². The molecule has 1 fully saturated rings. The van der Waals surface area contributed by atoms with Crippen molar-refractivity contribution < 1.29 is 10.0 Å². The second-order valence-electron chi connectivity index (χ2n) is 4.64. The van der Waals surface area contributed by atoms with E-state index in [1.807, 2.05) is 0 Å². The third kappa shape index (κ3) is 2.04. The predicted octanol–water partition coefficient (Wildman–Crippen LogP) is 1.88. The van der Waals surface area contributed by atoms with Crippen LogP contribution in [0.3, 0.4) is 0 Å². The van der Waals surface area contributed by atoms with E-state index in [0.29, 0.717) is 11.4 Å². The highest BCUT2D eigenvalue weighted by atomic mass is 16.6. The zero-order valence-corrected chi connectivity index (χ0v) is 10.1. The SMILES string of the molecule is Cc1nn([C@H]2CCCC[C@@H]2O)c(C)c1[N+](=O)[O-]. The van der Waals surface area contributed by atoms with Gasteiger partial charge in [-0.3, -0.25) is 14.8 Å². The van der Waals surface area contributed by atoms with Crippen LogP contribution < -0.4 is 0 Å². The first-order valence-electron chi connectivity index (χ1n) is 5.90. The zero-order valence-electron chi connectivity index (χ0n) is 10.1. The Bertz CT molecular complexity index is 441. The summed E-state index contributed by atoms with van der Waals surface area (Å²) >= 11 is 0. The van der Waals surface area contributed by atoms with Crippen molar-refractivity contribution in [1.82, 2.24) is 9.78 Å². The Morgan fingerprint density at radius 3 is 2.59 bits per heavy atom. The maximum absolute atomic E-state index is 10.9. The van der Waals surface area contributed by atoms with Crippen molar-refractivity contribution in [2.24, 2.45) is 0 Å². The third-order valence-corrected chi connectivity index (χ3v) is 3.48. The van der Waals surface area contributed by atoms with Gasteiger partial charge in [-0.25, -0.2) is 0 Å². The van der Waals surface area contributed by atoms with E-state index in [0.717, 1.165) is 25.7 Å². The van der Waals surface area contributed by atoms with Crippen molar-refractivity contribution in [1.29, 1.82) is 0 Å². The molecule has 0 saturated heterocycles. The average molecular weight is 239 g/mol. The maximum atomic E-state index is 10.9. The van der Waals surface area contributed by atoms with Gasteiger partial charge in [0.25, 0.3) is 0 Å². The number of aryl methyl sites for hydroxylation is 1. The summed E-state index contributed by atoms with van der Waals surface area (Å²) in [4.78, 5) is 10.5. The van der Waals surface area contributed by atoms with Crippen LogP contribution in [-0.2, 0) is 0 Å². The number of rotatable bonds is 2. The van der Waals surface area contributed by atoms with Crippen LogP contribution in [0, 0.1) is 24.0 Å². The van der Waals surface area contributed by atoms with Gasteiger partial charge in [-0.15, -0.1) is 0 Å². The van der Waals surface area contributed by atoms with Gasteiger partial charge in [-0.05, 0) is 26.7 Å². The third-order valence-electron chi connectivity index (χ3n) is 3.48. The molecule has 0 aliphatic heterocycles. The highest BCUT2D eigenvalue weighted by Crippen LogP contribution is 2.32. The molecule has 0 amide bonds. The van der Waals surface area contributed by atoms with Gasteiger partial charge in [-0.2, -0.15) is 5.10 Å². The molecule has 1 aliphatic carbocycles. The van der Waals surface area contributed by atoms with Gasteiger partial charge in [0.1, 0.15) is 11.4 Å². The standard InChI is InChI=1S/C11H17N3O3/c1-7-11(14(16)17)8(2)13(12-7)9-5-3-4-6-10(9)15/h9-10,15H,3-6H2,1-2H3/t9-,10-/m0/s1. The molecule has 2 atom stereocenters. The first-order chi connectivity index (χ1) is 8.02. The largest absolute Gasteiger partial charge is 0.391 e. The molecule has 1 aliphatic rings. The number of aromatic nitrogens is 2. The molecule has 94 valence electrons. The lowest BCUT2D eigenvalue weighted by molar-refractivity contribution is -0.386. The van der Waals surface area contributed by atoms with Gasteiger partial charge >= 0.3 is 5.69 Å². The molecule has 0 bridgehead atoms. The van der Waals surface area contributed by atoms with Crippen molar-refractivity contribution in [2.45, 2.75) is 51.7 Å². The number of aliphatic hydroxyl groups is 1. The fourth-order valence-electron chi connectivity index (χ4n) is 2.62. The minimum atomic E-state index is -0.443. The Hall–Kier alpha value is -1.43. The maximum Gasteiger partial charge on any atom is 0.312 e. The molecular formula is C11H17N3O3. The molecule has 0 unspecified atom stereocenters. The molecule has 6 heteroatoms. The highest BCUT2D eigenvalue weighted by Gasteiger charge is 2.31. The molecule has 0 aromatic carbocycles. The van der Waals surface area contributed by atoms with Crippen LogP contribution >= 0.6 is 0 Å². The summed E-state index contributed by atoms with van der Waals surface area (Å²) in [5, 5.41) is 25.1. The number of hydrogen-bond acceptors (Lipinski definition) is 4. The molecule has 0 radical (unpaired) electrons. The van der Waals surface area contributed by atoms with E-state index in [-0.39, 0.29) is 11.7 Å². The Kier molecular flexibility index (Phi) is 3.15. The van der Waals surface area contributed by atoms with Crippen molar-refractivity contribution >= 4 is 5.69 Å². The average Bonchev–Trinajstić information content (AvgIpc) is 2.55. The molecule has 1 N–H and O–H groups in total. The van der Waals surface area contributed by atoms with Crippen molar-refractivity contribution in [2.75, 3.05) is 0 Å². The fraction of sp³-hybridized carbons (Fsp3) is 0.727. The topological polar surface area (TPSA) is 81.2 Å². The molecular weight excluding hydrogens is 222 g/mol. The van der Waals surface area contributed by atoms with Gasteiger partial charge in [0.05, 0.1) is 17.1 Å². The van der Waals surface area contributed by atoms with Crippen molar-refractivity contribution in [3.05, 3.63) is 21.5 Å². The lowest BCUT2D eigenvalue weighted by Gasteiger charge is -2.28. The molecule has 1 heterocycles. The molecule has 17 heavy (non-hydrogen) atoms. The van der Waals surface area contributed by atoms with Gasteiger partial charge < -0.3 is 5.11 Å². The van der Waals surface area contributed by atoms with Crippen LogP contribution in [0.1, 0.15) is 43.1 Å². The van der Waals surface area contributed by atoms with Crippen LogP contribution in [-0.4, -0.2) is 25.9 Å². The summed E-state index contributed by atoms with van der Waals surface area (Å²) in [7, 11) is 0. The molecule has 0 spiro atoms. The summed E-state index contributed by atoms with van der Waals surface area (Å²) in [6.07, 6.45) is 3.19. The molecule has 1 saturated carbocycles. The van der Waals surface area contributed by atoms with Gasteiger partial charge in [0, 0.05) is 0 Å². The molecule has 1 aromatic heterocycles. The second kappa shape index (κ2) is 4.44. The van der Waals surface area contributed by atoms with Crippen LogP contribution in [0.5, 0.6) is 0 Å². The Morgan fingerprint density at radius 1 is 1.41 bits per heavy atom. The van der Waals surface area contributed by atoms with Gasteiger partial charge in [-0.1, -0.05) is 12.8 Å². The second-order valence-corrected chi connectivity index (χ2v) is 4.64. The summed E-state index contributed by atoms with van der Waals surface area (Å²) < 4.78 is 1.64. The number of aliphatic hydroxyl groups excluding tert-OH is 1. The van der Waals surface area contributed by atoms with E-state index in [2.05, 4.69) is 5.10 Å². The Balaban J connectivity index is 2.39. The smallest absolute Gasteiger partial charge is 0.312 e. The highest BCUT2D eigenvalue weighted by molar-refractivity contribution is 5.39. The van der Waals surface area contributed by atoms with Crippen LogP contribution in [0.2, 0.25) is 0 Å². The van der Waals surface area contributed by atoms with E-state index >= 15 is 0 Å². The summed E-state index contributed by atoms with van der Waals surface area (Å²) in [5.41, 5.74) is 1.03. The normalized spacial score (nSPS) is 24.9. The first-order valence-corrected chi connectivity index (χ1v) is 5.90. The van der Waals surface area contributed by atoms with E-state index in [1.165, 1.54) is 0 Å². The van der Waals surface area contributed by atoms with Crippen LogP contribution in [0.4, 0.5) is 5.69 Å². The van der Waals surface area contributed by atoms with Crippen molar-refractivity contribution in [3.63, 3.8) is 0 Å². The molecule has 6 nitrogen and oxygen atoms in total. The molecule has 1 aromatic rings. The zero-order chi connectivity index (χ0) is 12.6. The first kappa shape index (κ1) is 12.0. The van der Waals surface area contributed by atoms with E-state index < -0.39 is 11.0 Å². The van der Waals surface area contributed by atoms with Crippen LogP contribution in [0.25, 0.3) is 0 Å². The number of hydrogen-bond donors (Lipinski definition) is 1. The lowest BCUT2D eigenvalue weighted by Crippen LogP contribution is -2.29. The Morgan fingerprint density at radius 2 is 2.06 bits per heavy atom. The fourth-order valence-corrected chi connectivity index (χ4v) is 2.62. The van der Waals surface area contributed by atoms with E-state index in [4.69, 9.17) is 0 Å². The summed E-state index contributed by atoms with van der Waals surface area (Å²) in [6.45, 7) is 3.33. The number of nitrogens with zero attached hydrogens (tertiary/aromatic N) is 3. The monoisotopic (exact) mass is 239 g/mol.